The van der Waals surface area contributed by atoms with Crippen molar-refractivity contribution in [2.24, 2.45) is 4.52 Å². The van der Waals surface area contributed by atoms with Gasteiger partial charge in [-0.2, -0.15) is 0 Å². The van der Waals surface area contributed by atoms with Gasteiger partial charge in [0.15, 0.2) is 7.41 Å². The molecule has 0 aromatic heterocycles. The first-order valence-electron chi connectivity index (χ1n) is 6.67. The zero-order chi connectivity index (χ0) is 15.0. The molecule has 0 atom stereocenters. The van der Waals surface area contributed by atoms with E-state index in [-0.39, 0.29) is 15.5 Å². The average molecular weight is 291 g/mol. The van der Waals surface area contributed by atoms with Gasteiger partial charge in [-0.3, -0.25) is 0 Å². The van der Waals surface area contributed by atoms with E-state index >= 15 is 0 Å². The molecule has 108 valence electrons. The van der Waals surface area contributed by atoms with E-state index in [0.29, 0.717) is 0 Å². The SMILES string of the molecule is CN(C)P=N[P+](C(C)(C)C)(C(C)(C)C)C(C)(C)C. The van der Waals surface area contributed by atoms with Crippen molar-refractivity contribution in [1.29, 1.82) is 0 Å². The van der Waals surface area contributed by atoms with Gasteiger partial charge < -0.3 is 0 Å². The molecular weight excluding hydrogens is 258 g/mol. The fourth-order valence-electron chi connectivity index (χ4n) is 3.56. The smallest absolute Gasteiger partial charge is 0.154 e. The highest BCUT2D eigenvalue weighted by Gasteiger charge is 2.66. The quantitative estimate of drug-likeness (QED) is 0.576. The monoisotopic (exact) mass is 291 g/mol. The predicted octanol–water partition coefficient (Wildman–Crippen LogP) is 5.92. The van der Waals surface area contributed by atoms with Gasteiger partial charge in [0.2, 0.25) is 0 Å². The van der Waals surface area contributed by atoms with Crippen LogP contribution in [-0.2, 0) is 0 Å². The third-order valence-electron chi connectivity index (χ3n) is 3.27. The van der Waals surface area contributed by atoms with Crippen LogP contribution in [0.5, 0.6) is 0 Å². The molecule has 18 heavy (non-hydrogen) atoms. The first-order valence-corrected chi connectivity index (χ1v) is 9.21. The van der Waals surface area contributed by atoms with E-state index in [1.54, 1.807) is 0 Å². The predicted molar refractivity (Wildman–Crippen MR) is 89.2 cm³/mol. The third-order valence-corrected chi connectivity index (χ3v) is 10.8. The Morgan fingerprint density at radius 1 is 0.722 bits per heavy atom. The Morgan fingerprint density at radius 2 is 1.00 bits per heavy atom. The maximum absolute atomic E-state index is 5.28. The van der Waals surface area contributed by atoms with E-state index in [0.717, 1.165) is 8.52 Å². The second kappa shape index (κ2) is 5.47. The Morgan fingerprint density at radius 3 is 1.17 bits per heavy atom. The van der Waals surface area contributed by atoms with Gasteiger partial charge in [-0.25, -0.2) is 4.67 Å². The summed E-state index contributed by atoms with van der Waals surface area (Å²) in [6.45, 7) is 21.3. The van der Waals surface area contributed by atoms with Crippen LogP contribution in [0.15, 0.2) is 4.52 Å². The van der Waals surface area contributed by atoms with Gasteiger partial charge in [-0.15, -0.1) is 0 Å². The summed E-state index contributed by atoms with van der Waals surface area (Å²) in [6.07, 6.45) is 0. The normalized spacial score (nSPS) is 15.8. The van der Waals surface area contributed by atoms with Crippen LogP contribution in [0.1, 0.15) is 62.3 Å². The van der Waals surface area contributed by atoms with E-state index in [9.17, 15) is 0 Å². The number of hydrogen-bond acceptors (Lipinski definition) is 1. The molecule has 2 nitrogen and oxygen atoms in total. The van der Waals surface area contributed by atoms with Gasteiger partial charge in [0.1, 0.15) is 8.52 Å². The van der Waals surface area contributed by atoms with Crippen molar-refractivity contribution in [3.63, 3.8) is 0 Å². The van der Waals surface area contributed by atoms with E-state index in [1.807, 2.05) is 0 Å². The maximum Gasteiger partial charge on any atom is 0.154 e. The molecule has 0 saturated heterocycles. The van der Waals surface area contributed by atoms with Crippen molar-refractivity contribution in [2.75, 3.05) is 14.1 Å². The van der Waals surface area contributed by atoms with Crippen molar-refractivity contribution < 1.29 is 0 Å². The van der Waals surface area contributed by atoms with Crippen LogP contribution < -0.4 is 0 Å². The Balaban J connectivity index is 6.09. The molecule has 0 rings (SSSR count). The van der Waals surface area contributed by atoms with Crippen molar-refractivity contribution in [1.82, 2.24) is 4.67 Å². The van der Waals surface area contributed by atoms with Crippen LogP contribution in [0.25, 0.3) is 0 Å². The molecule has 0 aromatic carbocycles. The highest BCUT2D eigenvalue weighted by molar-refractivity contribution is 7.80. The Bertz CT molecular complexity index is 265. The van der Waals surface area contributed by atoms with E-state index in [2.05, 4.69) is 81.1 Å². The van der Waals surface area contributed by atoms with Gasteiger partial charge >= 0.3 is 0 Å². The molecule has 0 aliphatic rings. The van der Waals surface area contributed by atoms with Crippen molar-refractivity contribution in [3.8, 4) is 0 Å². The molecule has 0 aromatic rings. The fourth-order valence-corrected chi connectivity index (χ4v) is 13.9. The molecule has 0 bridgehead atoms. The first-order chi connectivity index (χ1) is 7.67. The Labute approximate surface area is 117 Å². The zero-order valence-corrected chi connectivity index (χ0v) is 16.1. The summed E-state index contributed by atoms with van der Waals surface area (Å²) in [7, 11) is 3.75. The Kier molecular flexibility index (Phi) is 5.62. The lowest BCUT2D eigenvalue weighted by molar-refractivity contribution is 0.617. The summed E-state index contributed by atoms with van der Waals surface area (Å²) in [5.41, 5.74) is 0. The fraction of sp³-hybridized carbons (Fsp3) is 1.00. The highest BCUT2D eigenvalue weighted by Crippen LogP contribution is 2.85. The van der Waals surface area contributed by atoms with Crippen molar-refractivity contribution in [2.45, 2.75) is 77.8 Å². The molecule has 0 aliphatic carbocycles. The van der Waals surface area contributed by atoms with Crippen LogP contribution in [0, 0.1) is 0 Å². The lowest BCUT2D eigenvalue weighted by Gasteiger charge is -2.49. The molecule has 0 fully saturated rings. The van der Waals surface area contributed by atoms with E-state index < -0.39 is 7.41 Å². The Hall–Kier alpha value is 0.490. The zero-order valence-electron chi connectivity index (χ0n) is 14.3. The van der Waals surface area contributed by atoms with E-state index in [1.165, 1.54) is 0 Å². The van der Waals surface area contributed by atoms with E-state index in [4.69, 9.17) is 4.52 Å². The topological polar surface area (TPSA) is 15.6 Å². The second-order valence-corrected chi connectivity index (χ2v) is 15.2. The summed E-state index contributed by atoms with van der Waals surface area (Å²) >= 11 is 0. The number of nitrogens with zero attached hydrogens (tertiary/aromatic N) is 2. The number of rotatable bonds is 2. The molecule has 0 radical (unpaired) electrons. The molecule has 0 amide bonds. The average Bonchev–Trinajstić information content (AvgIpc) is 1.94. The maximum atomic E-state index is 5.28. The van der Waals surface area contributed by atoms with Gasteiger partial charge in [-0.1, -0.05) is 4.52 Å². The second-order valence-electron chi connectivity index (χ2n) is 8.17. The molecule has 4 heteroatoms. The van der Waals surface area contributed by atoms with Gasteiger partial charge in [-0.05, 0) is 76.4 Å². The minimum atomic E-state index is -1.53. The van der Waals surface area contributed by atoms with Crippen LogP contribution in [0.2, 0.25) is 0 Å². The lowest BCUT2D eigenvalue weighted by atomic mass is 10.2. The molecular formula is C14H33N2P2+. The highest BCUT2D eigenvalue weighted by atomic mass is 31.2. The van der Waals surface area contributed by atoms with Crippen molar-refractivity contribution in [3.05, 3.63) is 0 Å². The van der Waals surface area contributed by atoms with Gasteiger partial charge in [0.05, 0.1) is 15.5 Å². The largest absolute Gasteiger partial charge is 0.245 e. The third kappa shape index (κ3) is 3.53. The molecule has 0 heterocycles. The van der Waals surface area contributed by atoms with Gasteiger partial charge in [0, 0.05) is 0 Å². The van der Waals surface area contributed by atoms with Crippen molar-refractivity contribution >= 4 is 15.9 Å². The van der Waals surface area contributed by atoms with Crippen LogP contribution >= 0.6 is 15.9 Å². The molecule has 0 saturated carbocycles. The summed E-state index contributed by atoms with van der Waals surface area (Å²) in [5.74, 6) is 0. The summed E-state index contributed by atoms with van der Waals surface area (Å²) < 4.78 is 7.43. The standard InChI is InChI=1S/C14H33N2P2/c1-12(2,3)18(13(4,5)6,14(7,8)9)15-17-16(10)11/h1-11H3/q+1. The van der Waals surface area contributed by atoms with Gasteiger partial charge in [0.25, 0.3) is 0 Å². The summed E-state index contributed by atoms with van der Waals surface area (Å²) in [6, 6.07) is 0. The van der Waals surface area contributed by atoms with Crippen LogP contribution in [0.4, 0.5) is 0 Å². The summed E-state index contributed by atoms with van der Waals surface area (Å²) in [4.78, 5) is 0. The molecule has 0 N–H and O–H groups in total. The molecule has 0 aliphatic heterocycles. The first kappa shape index (κ1) is 18.5. The molecule has 0 spiro atoms. The lowest BCUT2D eigenvalue weighted by Crippen LogP contribution is -2.42. The van der Waals surface area contributed by atoms with Crippen LogP contribution in [0.3, 0.4) is 0 Å². The molecule has 0 unspecified atom stereocenters. The van der Waals surface area contributed by atoms with Crippen LogP contribution in [-0.4, -0.2) is 34.2 Å². The number of hydrogen-bond donors (Lipinski definition) is 0. The minimum Gasteiger partial charge on any atom is -0.245 e. The minimum absolute atomic E-state index is 0.229. The summed E-state index contributed by atoms with van der Waals surface area (Å²) in [5, 5.41) is 0.686.